The number of allylic oxidation sites excluding steroid dienone is 2. The molecule has 2 heterocycles. The van der Waals surface area contributed by atoms with Gasteiger partial charge in [-0.25, -0.2) is 4.79 Å². The number of carbonyl (C=O) groups excluding carboxylic acids is 3. The first-order valence-electron chi connectivity index (χ1n) is 13.5. The Labute approximate surface area is 226 Å². The molecule has 2 aliphatic rings. The van der Waals surface area contributed by atoms with Crippen LogP contribution < -0.4 is 0 Å². The van der Waals surface area contributed by atoms with Gasteiger partial charge in [-0.15, -0.1) is 0 Å². The second kappa shape index (κ2) is 14.5. The van der Waals surface area contributed by atoms with Gasteiger partial charge < -0.3 is 29.3 Å². The average molecular weight is 536 g/mol. The van der Waals surface area contributed by atoms with Crippen LogP contribution in [0.15, 0.2) is 36.0 Å². The van der Waals surface area contributed by atoms with Crippen LogP contribution in [-0.2, 0) is 23.8 Å². The maximum absolute atomic E-state index is 12.6. The number of hydrogen-bond acceptors (Lipinski definition) is 8. The van der Waals surface area contributed by atoms with E-state index in [1.807, 2.05) is 45.9 Å². The van der Waals surface area contributed by atoms with Crippen molar-refractivity contribution in [1.29, 1.82) is 0 Å². The molecule has 1 amide bonds. The van der Waals surface area contributed by atoms with Crippen molar-refractivity contribution in [3.63, 3.8) is 0 Å². The van der Waals surface area contributed by atoms with Crippen molar-refractivity contribution in [2.45, 2.75) is 104 Å². The van der Waals surface area contributed by atoms with Crippen LogP contribution in [0.2, 0.25) is 0 Å². The average Bonchev–Trinajstić information content (AvgIpc) is 3.27. The lowest BCUT2D eigenvalue weighted by Crippen LogP contribution is -2.42. The Morgan fingerprint density at radius 1 is 1.26 bits per heavy atom. The van der Waals surface area contributed by atoms with E-state index in [1.165, 1.54) is 6.92 Å². The van der Waals surface area contributed by atoms with Crippen LogP contribution in [0.1, 0.15) is 73.6 Å². The number of rotatable bonds is 6. The normalized spacial score (nSPS) is 33.2. The lowest BCUT2D eigenvalue weighted by molar-refractivity contribution is -0.157. The lowest BCUT2D eigenvalue weighted by atomic mass is 9.88. The summed E-state index contributed by atoms with van der Waals surface area (Å²) >= 11 is 0. The fourth-order valence-electron chi connectivity index (χ4n) is 4.67. The summed E-state index contributed by atoms with van der Waals surface area (Å²) in [6, 6.07) is 0.208. The molecule has 214 valence electrons. The predicted molar refractivity (Wildman–Crippen MR) is 143 cm³/mol. The highest BCUT2D eigenvalue weighted by Crippen LogP contribution is 2.27. The minimum Gasteiger partial charge on any atom is -0.457 e. The maximum Gasteiger partial charge on any atom is 0.410 e. The molecule has 0 radical (unpaired) electrons. The molecule has 0 spiro atoms. The second-order valence-electron chi connectivity index (χ2n) is 11.0. The van der Waals surface area contributed by atoms with Crippen molar-refractivity contribution in [3.8, 4) is 0 Å². The first-order chi connectivity index (χ1) is 17.8. The summed E-state index contributed by atoms with van der Waals surface area (Å²) < 4.78 is 16.6. The number of nitrogens with zero attached hydrogens (tertiary/aromatic N) is 1. The first kappa shape index (κ1) is 31.6. The summed E-state index contributed by atoms with van der Waals surface area (Å²) in [5.41, 5.74) is -0.647. The molecule has 0 bridgehead atoms. The van der Waals surface area contributed by atoms with Gasteiger partial charge in [0.2, 0.25) is 0 Å². The number of ether oxygens (including phenoxy) is 3. The number of carbonyl (C=O) groups is 3. The fourth-order valence-corrected chi connectivity index (χ4v) is 4.67. The van der Waals surface area contributed by atoms with Crippen LogP contribution >= 0.6 is 0 Å². The van der Waals surface area contributed by atoms with Crippen molar-refractivity contribution in [3.05, 3.63) is 36.0 Å². The van der Waals surface area contributed by atoms with E-state index >= 15 is 0 Å². The van der Waals surface area contributed by atoms with Gasteiger partial charge in [-0.05, 0) is 58.1 Å². The summed E-state index contributed by atoms with van der Waals surface area (Å²) in [5.74, 6) is -1.39. The number of esters is 2. The van der Waals surface area contributed by atoms with E-state index in [-0.39, 0.29) is 49.8 Å². The number of cyclic esters (lactones) is 1. The SMILES string of the molecule is CC(=O)O[C@H]1/C=C/[C@H](C)[C@@H](/C(C)=C/C=C/[C@@H](C)COC(=O)N2CCC[C@@H]2C)OC(=O)C[C@H](O)CC[C@@]1(C)O. The number of likely N-dealkylation sites (tertiary alicyclic amines) is 1. The van der Waals surface area contributed by atoms with E-state index in [1.54, 1.807) is 24.0 Å². The minimum atomic E-state index is -1.42. The molecule has 9 nitrogen and oxygen atoms in total. The molecule has 38 heavy (non-hydrogen) atoms. The van der Waals surface area contributed by atoms with E-state index in [0.717, 1.165) is 25.0 Å². The van der Waals surface area contributed by atoms with Crippen LogP contribution in [0.3, 0.4) is 0 Å². The number of aliphatic hydroxyl groups excluding tert-OH is 1. The quantitative estimate of drug-likeness (QED) is 0.226. The zero-order chi connectivity index (χ0) is 28.5. The molecule has 0 unspecified atom stereocenters. The van der Waals surface area contributed by atoms with Gasteiger partial charge in [0.15, 0.2) is 0 Å². The molecule has 0 aliphatic carbocycles. The molecule has 1 saturated heterocycles. The highest BCUT2D eigenvalue weighted by molar-refractivity contribution is 5.70. The summed E-state index contributed by atoms with van der Waals surface area (Å²) in [6.45, 7) is 11.5. The Morgan fingerprint density at radius 2 is 1.97 bits per heavy atom. The molecule has 0 saturated carbocycles. The molecular formula is C29H45NO8. The summed E-state index contributed by atoms with van der Waals surface area (Å²) in [7, 11) is 0. The third kappa shape index (κ3) is 9.91. The highest BCUT2D eigenvalue weighted by atomic mass is 16.6. The first-order valence-corrected chi connectivity index (χ1v) is 13.5. The smallest absolute Gasteiger partial charge is 0.410 e. The Morgan fingerprint density at radius 3 is 2.61 bits per heavy atom. The van der Waals surface area contributed by atoms with Crippen LogP contribution in [-0.4, -0.2) is 76.3 Å². The molecule has 7 atom stereocenters. The van der Waals surface area contributed by atoms with Gasteiger partial charge in [-0.3, -0.25) is 9.59 Å². The largest absolute Gasteiger partial charge is 0.457 e. The molecule has 0 aromatic rings. The summed E-state index contributed by atoms with van der Waals surface area (Å²) in [6.07, 6.45) is 8.21. The predicted octanol–water partition coefficient (Wildman–Crippen LogP) is 4.08. The summed E-state index contributed by atoms with van der Waals surface area (Å²) in [4.78, 5) is 38.2. The van der Waals surface area contributed by atoms with Gasteiger partial charge in [-0.2, -0.15) is 0 Å². The number of amides is 1. The monoisotopic (exact) mass is 535 g/mol. The van der Waals surface area contributed by atoms with Gasteiger partial charge in [0.1, 0.15) is 17.8 Å². The van der Waals surface area contributed by atoms with E-state index in [2.05, 4.69) is 0 Å². The summed E-state index contributed by atoms with van der Waals surface area (Å²) in [5, 5.41) is 21.3. The van der Waals surface area contributed by atoms with Crippen LogP contribution in [0.25, 0.3) is 0 Å². The van der Waals surface area contributed by atoms with Gasteiger partial charge in [-0.1, -0.05) is 38.2 Å². The van der Waals surface area contributed by atoms with Gasteiger partial charge >= 0.3 is 18.0 Å². The Kier molecular flexibility index (Phi) is 12.0. The zero-order valence-electron chi connectivity index (χ0n) is 23.6. The Balaban J connectivity index is 2.12. The molecule has 0 aromatic heterocycles. The topological polar surface area (TPSA) is 123 Å². The van der Waals surface area contributed by atoms with Crippen molar-refractivity contribution in [1.82, 2.24) is 4.90 Å². The minimum absolute atomic E-state index is 0.0149. The molecule has 9 heteroatoms. The van der Waals surface area contributed by atoms with Crippen molar-refractivity contribution in [2.24, 2.45) is 11.8 Å². The van der Waals surface area contributed by atoms with Gasteiger partial charge in [0.25, 0.3) is 0 Å². The lowest BCUT2D eigenvalue weighted by Gasteiger charge is -2.32. The van der Waals surface area contributed by atoms with Crippen LogP contribution in [0.5, 0.6) is 0 Å². The molecule has 0 aromatic carbocycles. The zero-order valence-corrected chi connectivity index (χ0v) is 23.6. The van der Waals surface area contributed by atoms with E-state index in [0.29, 0.717) is 0 Å². The van der Waals surface area contributed by atoms with Crippen LogP contribution in [0, 0.1) is 11.8 Å². The number of hydrogen-bond donors (Lipinski definition) is 2. The fraction of sp³-hybridized carbons (Fsp3) is 0.690. The molecule has 2 aliphatic heterocycles. The second-order valence-corrected chi connectivity index (χ2v) is 11.0. The molecule has 2 N–H and O–H groups in total. The van der Waals surface area contributed by atoms with Gasteiger partial charge in [0.05, 0.1) is 19.1 Å². The highest BCUT2D eigenvalue weighted by Gasteiger charge is 2.35. The van der Waals surface area contributed by atoms with E-state index < -0.39 is 35.9 Å². The van der Waals surface area contributed by atoms with E-state index in [9.17, 15) is 24.6 Å². The standard InChI is InChI=1S/C29H45NO8/c1-19(18-36-28(34)30-16-8-11-22(30)4)9-7-10-20(2)27-21(3)12-13-25(37-23(5)31)29(6,35)15-14-24(32)17-26(33)38-27/h7,9-10,12-13,19,21-22,24-25,27,32,35H,8,11,14-18H2,1-6H3/b9-7+,13-12+,20-10+/t19-,21+,22+,24-,25+,27-,29-/m1/s1. The van der Waals surface area contributed by atoms with Crippen LogP contribution in [0.4, 0.5) is 4.79 Å². The molecule has 2 rings (SSSR count). The van der Waals surface area contributed by atoms with Crippen molar-refractivity contribution in [2.75, 3.05) is 13.2 Å². The van der Waals surface area contributed by atoms with Crippen molar-refractivity contribution >= 4 is 18.0 Å². The van der Waals surface area contributed by atoms with Crippen molar-refractivity contribution < 1.29 is 38.8 Å². The third-order valence-corrected chi connectivity index (χ3v) is 7.12. The third-order valence-electron chi connectivity index (χ3n) is 7.12. The van der Waals surface area contributed by atoms with Gasteiger partial charge in [0, 0.05) is 31.3 Å². The Bertz CT molecular complexity index is 908. The molecule has 1 fully saturated rings. The Hall–Kier alpha value is -2.65. The maximum atomic E-state index is 12.6. The van der Waals surface area contributed by atoms with E-state index in [4.69, 9.17) is 14.2 Å². The number of aliphatic hydroxyl groups is 2. The molecular weight excluding hydrogens is 490 g/mol.